The molecule has 7 heteroatoms. The Bertz CT molecular complexity index is 946. The molecule has 1 amide bonds. The topological polar surface area (TPSA) is 96.5 Å². The summed E-state index contributed by atoms with van der Waals surface area (Å²) in [6.07, 6.45) is 3.11. The third-order valence-corrected chi connectivity index (χ3v) is 6.10. The van der Waals surface area contributed by atoms with Crippen molar-refractivity contribution in [3.8, 4) is 11.4 Å². The Kier molecular flexibility index (Phi) is 4.71. The van der Waals surface area contributed by atoms with Crippen LogP contribution in [-0.2, 0) is 11.2 Å². The lowest BCUT2D eigenvalue weighted by Gasteiger charge is -2.23. The van der Waals surface area contributed by atoms with E-state index in [1.807, 2.05) is 6.07 Å². The van der Waals surface area contributed by atoms with Gasteiger partial charge in [-0.3, -0.25) is 9.59 Å². The summed E-state index contributed by atoms with van der Waals surface area (Å²) in [7, 11) is 0. The number of amides is 1. The summed E-state index contributed by atoms with van der Waals surface area (Å²) in [6.45, 7) is 7.10. The summed E-state index contributed by atoms with van der Waals surface area (Å²) >= 11 is 0. The summed E-state index contributed by atoms with van der Waals surface area (Å²) in [5.41, 5.74) is 0.496. The zero-order valence-electron chi connectivity index (χ0n) is 17.1. The third kappa shape index (κ3) is 3.66. The molecule has 1 aromatic carbocycles. The number of hydrogen-bond donors (Lipinski definition) is 1. The zero-order valence-corrected chi connectivity index (χ0v) is 17.1. The van der Waals surface area contributed by atoms with Crippen molar-refractivity contribution in [2.45, 2.75) is 46.5 Å². The van der Waals surface area contributed by atoms with Crippen molar-refractivity contribution >= 4 is 11.9 Å². The van der Waals surface area contributed by atoms with Crippen molar-refractivity contribution < 1.29 is 19.2 Å². The normalized spacial score (nSPS) is 24.0. The van der Waals surface area contributed by atoms with E-state index < -0.39 is 11.4 Å². The molecule has 2 fully saturated rings. The maximum atomic E-state index is 13.1. The summed E-state index contributed by atoms with van der Waals surface area (Å²) in [5.74, 6) is 0.158. The molecule has 1 aromatic heterocycles. The number of aromatic nitrogens is 2. The summed E-state index contributed by atoms with van der Waals surface area (Å²) in [6, 6.07) is 7.16. The van der Waals surface area contributed by atoms with E-state index in [4.69, 9.17) is 4.52 Å². The second kappa shape index (κ2) is 6.97. The number of likely N-dealkylation sites (tertiary alicyclic amines) is 1. The number of nitrogens with zero attached hydrogens (tertiary/aromatic N) is 3. The predicted molar refractivity (Wildman–Crippen MR) is 106 cm³/mol. The fourth-order valence-electron chi connectivity index (χ4n) is 4.67. The molecular formula is C22H27N3O4. The van der Waals surface area contributed by atoms with Crippen LogP contribution < -0.4 is 0 Å². The van der Waals surface area contributed by atoms with Gasteiger partial charge in [-0.25, -0.2) is 0 Å². The van der Waals surface area contributed by atoms with Crippen LogP contribution in [0.1, 0.15) is 56.3 Å². The first-order chi connectivity index (χ1) is 13.7. The second-order valence-corrected chi connectivity index (χ2v) is 9.57. The first-order valence-electron chi connectivity index (χ1n) is 10.1. The summed E-state index contributed by atoms with van der Waals surface area (Å²) < 4.78 is 5.36. The Morgan fingerprint density at radius 2 is 2.14 bits per heavy atom. The maximum absolute atomic E-state index is 13.1. The lowest BCUT2D eigenvalue weighted by Crippen LogP contribution is -2.37. The van der Waals surface area contributed by atoms with Gasteiger partial charge in [0, 0.05) is 30.6 Å². The lowest BCUT2D eigenvalue weighted by atomic mass is 9.81. The van der Waals surface area contributed by atoms with Crippen molar-refractivity contribution in [2.75, 3.05) is 13.1 Å². The minimum absolute atomic E-state index is 0.0372. The second-order valence-electron chi connectivity index (χ2n) is 9.57. The number of rotatable bonds is 4. The standard InChI is InChI=1S/C22H27N3O4/c1-21(2,3)11-17-23-18(24-29-17)14-6-4-7-15(10-14)19(26)25-12-16-8-5-9-22(16,13-25)20(27)28/h4,6-7,10,16H,5,8-9,11-13H2,1-3H3,(H,27,28)/t16-,22+/m0/s1. The minimum Gasteiger partial charge on any atom is -0.481 e. The molecule has 0 spiro atoms. The minimum atomic E-state index is -0.776. The van der Waals surface area contributed by atoms with Gasteiger partial charge in [0.05, 0.1) is 5.41 Å². The van der Waals surface area contributed by atoms with Gasteiger partial charge in [0.1, 0.15) is 0 Å². The van der Waals surface area contributed by atoms with Gasteiger partial charge >= 0.3 is 5.97 Å². The van der Waals surface area contributed by atoms with Crippen molar-refractivity contribution in [3.63, 3.8) is 0 Å². The van der Waals surface area contributed by atoms with Gasteiger partial charge in [-0.2, -0.15) is 4.98 Å². The lowest BCUT2D eigenvalue weighted by molar-refractivity contribution is -0.149. The molecular weight excluding hydrogens is 370 g/mol. The van der Waals surface area contributed by atoms with Crippen LogP contribution in [0.5, 0.6) is 0 Å². The van der Waals surface area contributed by atoms with Gasteiger partial charge in [-0.15, -0.1) is 0 Å². The van der Waals surface area contributed by atoms with E-state index in [0.717, 1.165) is 12.8 Å². The van der Waals surface area contributed by atoms with Crippen LogP contribution in [0.2, 0.25) is 0 Å². The molecule has 154 valence electrons. The average Bonchev–Trinajstić information content (AvgIpc) is 3.34. The molecule has 2 aromatic rings. The summed E-state index contributed by atoms with van der Waals surface area (Å²) in [5, 5.41) is 13.8. The first-order valence-corrected chi connectivity index (χ1v) is 10.1. The number of carbonyl (C=O) groups is 2. The molecule has 1 saturated heterocycles. The van der Waals surface area contributed by atoms with Crippen LogP contribution in [0, 0.1) is 16.7 Å². The molecule has 0 radical (unpaired) electrons. The molecule has 0 unspecified atom stereocenters. The zero-order chi connectivity index (χ0) is 20.8. The number of benzene rings is 1. The molecule has 2 heterocycles. The predicted octanol–water partition coefficient (Wildman–Crippen LogP) is 3.65. The quantitative estimate of drug-likeness (QED) is 0.846. The van der Waals surface area contributed by atoms with Gasteiger partial charge in [0.25, 0.3) is 5.91 Å². The molecule has 0 bridgehead atoms. The number of carbonyl (C=O) groups excluding carboxylic acids is 1. The van der Waals surface area contributed by atoms with Crippen LogP contribution in [0.4, 0.5) is 0 Å². The maximum Gasteiger partial charge on any atom is 0.311 e. The van der Waals surface area contributed by atoms with Crippen LogP contribution in [0.25, 0.3) is 11.4 Å². The number of aliphatic carboxylic acids is 1. The Labute approximate surface area is 170 Å². The molecule has 2 atom stereocenters. The Morgan fingerprint density at radius 1 is 1.34 bits per heavy atom. The number of carboxylic acids is 1. The van der Waals surface area contributed by atoms with E-state index in [9.17, 15) is 14.7 Å². The molecule has 1 saturated carbocycles. The van der Waals surface area contributed by atoms with E-state index in [-0.39, 0.29) is 23.8 Å². The van der Waals surface area contributed by atoms with E-state index in [0.29, 0.717) is 42.2 Å². The molecule has 7 nitrogen and oxygen atoms in total. The first kappa shape index (κ1) is 19.6. The van der Waals surface area contributed by atoms with Gasteiger partial charge < -0.3 is 14.5 Å². The summed E-state index contributed by atoms with van der Waals surface area (Å²) in [4.78, 5) is 31.1. The fraction of sp³-hybridized carbons (Fsp3) is 0.545. The molecule has 1 aliphatic heterocycles. The number of fused-ring (bicyclic) bond motifs is 1. The molecule has 2 aliphatic rings. The Hall–Kier alpha value is -2.70. The van der Waals surface area contributed by atoms with Crippen LogP contribution in [0.3, 0.4) is 0 Å². The van der Waals surface area contributed by atoms with Gasteiger partial charge in [-0.05, 0) is 36.3 Å². The fourth-order valence-corrected chi connectivity index (χ4v) is 4.67. The average molecular weight is 397 g/mol. The number of carboxylic acid groups (broad SMARTS) is 1. The SMILES string of the molecule is CC(C)(C)Cc1nc(-c2cccc(C(=O)N3C[C@@H]4CCC[C@@]4(C(=O)O)C3)c2)no1. The largest absolute Gasteiger partial charge is 0.481 e. The highest BCUT2D eigenvalue weighted by molar-refractivity contribution is 5.96. The molecule has 4 rings (SSSR count). The third-order valence-electron chi connectivity index (χ3n) is 6.10. The highest BCUT2D eigenvalue weighted by Gasteiger charge is 2.55. The van der Waals surface area contributed by atoms with Crippen molar-refractivity contribution in [2.24, 2.45) is 16.7 Å². The van der Waals surface area contributed by atoms with Gasteiger partial charge in [0.2, 0.25) is 11.7 Å². The van der Waals surface area contributed by atoms with Gasteiger partial charge in [0.15, 0.2) is 0 Å². The Balaban J connectivity index is 1.54. The molecule has 1 aliphatic carbocycles. The van der Waals surface area contributed by atoms with E-state index in [2.05, 4.69) is 30.9 Å². The highest BCUT2D eigenvalue weighted by Crippen LogP contribution is 2.49. The van der Waals surface area contributed by atoms with E-state index in [1.54, 1.807) is 23.1 Å². The Morgan fingerprint density at radius 3 is 2.83 bits per heavy atom. The van der Waals surface area contributed by atoms with Crippen LogP contribution in [-0.4, -0.2) is 45.1 Å². The smallest absolute Gasteiger partial charge is 0.311 e. The van der Waals surface area contributed by atoms with Crippen molar-refractivity contribution in [3.05, 3.63) is 35.7 Å². The number of hydrogen-bond acceptors (Lipinski definition) is 5. The van der Waals surface area contributed by atoms with Crippen LogP contribution >= 0.6 is 0 Å². The monoisotopic (exact) mass is 397 g/mol. The van der Waals surface area contributed by atoms with Crippen molar-refractivity contribution in [1.29, 1.82) is 0 Å². The van der Waals surface area contributed by atoms with Crippen LogP contribution in [0.15, 0.2) is 28.8 Å². The highest BCUT2D eigenvalue weighted by atomic mass is 16.5. The van der Waals surface area contributed by atoms with E-state index >= 15 is 0 Å². The van der Waals surface area contributed by atoms with E-state index in [1.165, 1.54) is 0 Å². The molecule has 1 N–H and O–H groups in total. The van der Waals surface area contributed by atoms with Gasteiger partial charge in [-0.1, -0.05) is 44.5 Å². The molecule has 29 heavy (non-hydrogen) atoms. The van der Waals surface area contributed by atoms with Crippen molar-refractivity contribution in [1.82, 2.24) is 15.0 Å².